The van der Waals surface area contributed by atoms with Crippen LogP contribution in [-0.2, 0) is 6.61 Å². The van der Waals surface area contributed by atoms with Crippen LogP contribution in [0, 0.1) is 13.8 Å². The third-order valence-electron chi connectivity index (χ3n) is 4.65. The maximum atomic E-state index is 11.6. The summed E-state index contributed by atoms with van der Waals surface area (Å²) in [6.45, 7) is 4.31. The van der Waals surface area contributed by atoms with Crippen molar-refractivity contribution in [1.82, 2.24) is 0 Å². The van der Waals surface area contributed by atoms with Gasteiger partial charge in [-0.15, -0.1) is 0 Å². The Balaban J connectivity index is 1.74. The number of aryl methyl sites for hydroxylation is 2. The van der Waals surface area contributed by atoms with Crippen LogP contribution in [-0.4, -0.2) is 0 Å². The molecule has 0 bridgehead atoms. The van der Waals surface area contributed by atoms with Crippen molar-refractivity contribution in [3.05, 3.63) is 86.7 Å². The first-order valence-electron chi connectivity index (χ1n) is 8.37. The highest BCUT2D eigenvalue weighted by Gasteiger charge is 2.11. The molecule has 1 aromatic heterocycles. The van der Waals surface area contributed by atoms with Gasteiger partial charge in [0, 0.05) is 23.1 Å². The Morgan fingerprint density at radius 1 is 0.962 bits per heavy atom. The lowest BCUT2D eigenvalue weighted by Gasteiger charge is -2.13. The van der Waals surface area contributed by atoms with Crippen LogP contribution in [0.4, 0.5) is 0 Å². The zero-order valence-corrected chi connectivity index (χ0v) is 15.3. The van der Waals surface area contributed by atoms with Crippen LogP contribution < -0.4 is 10.4 Å². The van der Waals surface area contributed by atoms with Gasteiger partial charge < -0.3 is 9.15 Å². The fourth-order valence-corrected chi connectivity index (χ4v) is 3.44. The number of ether oxygens (including phenoxy) is 1. The normalized spacial score (nSPS) is 11.2. The van der Waals surface area contributed by atoms with Gasteiger partial charge in [-0.25, -0.2) is 4.79 Å². The van der Waals surface area contributed by atoms with Gasteiger partial charge in [-0.05, 0) is 41.8 Å². The van der Waals surface area contributed by atoms with E-state index in [1.165, 1.54) is 11.5 Å². The Morgan fingerprint density at radius 3 is 2.62 bits per heavy atom. The molecule has 1 heterocycles. The Morgan fingerprint density at radius 2 is 1.77 bits per heavy atom. The molecule has 0 saturated heterocycles. The average molecular weight is 365 g/mol. The second-order valence-corrected chi connectivity index (χ2v) is 6.81. The van der Waals surface area contributed by atoms with Crippen LogP contribution >= 0.6 is 11.6 Å². The zero-order chi connectivity index (χ0) is 18.3. The predicted molar refractivity (Wildman–Crippen MR) is 105 cm³/mol. The summed E-state index contributed by atoms with van der Waals surface area (Å²) in [5.41, 5.74) is 3.19. The maximum Gasteiger partial charge on any atom is 0.336 e. The van der Waals surface area contributed by atoms with Crippen molar-refractivity contribution in [3.63, 3.8) is 0 Å². The van der Waals surface area contributed by atoms with Gasteiger partial charge >= 0.3 is 5.63 Å². The van der Waals surface area contributed by atoms with Gasteiger partial charge in [0.1, 0.15) is 17.9 Å². The van der Waals surface area contributed by atoms with Gasteiger partial charge in [0.05, 0.1) is 5.02 Å². The molecule has 130 valence electrons. The number of hydrogen-bond acceptors (Lipinski definition) is 3. The minimum Gasteiger partial charge on any atom is -0.487 e. The highest BCUT2D eigenvalue weighted by Crippen LogP contribution is 2.32. The number of halogens is 1. The molecule has 3 nitrogen and oxygen atoms in total. The van der Waals surface area contributed by atoms with Crippen molar-refractivity contribution >= 4 is 33.3 Å². The van der Waals surface area contributed by atoms with E-state index < -0.39 is 0 Å². The van der Waals surface area contributed by atoms with Crippen molar-refractivity contribution in [2.45, 2.75) is 20.5 Å². The molecular weight excluding hydrogens is 348 g/mol. The third kappa shape index (κ3) is 2.95. The van der Waals surface area contributed by atoms with Crippen molar-refractivity contribution in [1.29, 1.82) is 0 Å². The van der Waals surface area contributed by atoms with Gasteiger partial charge in [0.2, 0.25) is 0 Å². The number of hydrogen-bond donors (Lipinski definition) is 0. The van der Waals surface area contributed by atoms with E-state index in [1.54, 1.807) is 12.1 Å². The molecule has 4 heteroatoms. The summed E-state index contributed by atoms with van der Waals surface area (Å²) in [6.07, 6.45) is 0. The molecular formula is C22H17ClO3. The van der Waals surface area contributed by atoms with Crippen molar-refractivity contribution in [3.8, 4) is 5.75 Å². The molecule has 4 aromatic rings. The molecule has 4 rings (SSSR count). The third-order valence-corrected chi connectivity index (χ3v) is 4.95. The molecule has 3 aromatic carbocycles. The molecule has 0 spiro atoms. The second-order valence-electron chi connectivity index (χ2n) is 6.40. The molecule has 0 saturated carbocycles. The smallest absolute Gasteiger partial charge is 0.336 e. The molecule has 0 unspecified atom stereocenters. The highest BCUT2D eigenvalue weighted by molar-refractivity contribution is 6.32. The van der Waals surface area contributed by atoms with Gasteiger partial charge in [-0.2, -0.15) is 0 Å². The highest BCUT2D eigenvalue weighted by atomic mass is 35.5. The summed E-state index contributed by atoms with van der Waals surface area (Å²) in [4.78, 5) is 11.6. The zero-order valence-electron chi connectivity index (χ0n) is 14.5. The quantitative estimate of drug-likeness (QED) is 0.431. The summed E-state index contributed by atoms with van der Waals surface area (Å²) in [5, 5.41) is 3.63. The van der Waals surface area contributed by atoms with E-state index in [-0.39, 0.29) is 5.63 Å². The van der Waals surface area contributed by atoms with E-state index in [2.05, 4.69) is 31.2 Å². The summed E-state index contributed by atoms with van der Waals surface area (Å²) in [5.74, 6) is 0.500. The van der Waals surface area contributed by atoms with Crippen molar-refractivity contribution in [2.24, 2.45) is 0 Å². The van der Waals surface area contributed by atoms with E-state index in [0.717, 1.165) is 27.5 Å². The number of rotatable bonds is 3. The van der Waals surface area contributed by atoms with E-state index in [4.69, 9.17) is 20.8 Å². The molecule has 0 aliphatic rings. The van der Waals surface area contributed by atoms with Crippen LogP contribution in [0.3, 0.4) is 0 Å². The molecule has 0 atom stereocenters. The molecule has 0 N–H and O–H groups in total. The summed E-state index contributed by atoms with van der Waals surface area (Å²) < 4.78 is 11.3. The fraction of sp³-hybridized carbons (Fsp3) is 0.136. The molecule has 26 heavy (non-hydrogen) atoms. The first-order chi connectivity index (χ1) is 12.5. The minimum absolute atomic E-state index is 0.381. The van der Waals surface area contributed by atoms with Crippen molar-refractivity contribution in [2.75, 3.05) is 0 Å². The lowest BCUT2D eigenvalue weighted by molar-refractivity contribution is 0.307. The maximum absolute atomic E-state index is 11.6. The van der Waals surface area contributed by atoms with E-state index in [0.29, 0.717) is 23.0 Å². The van der Waals surface area contributed by atoms with E-state index in [9.17, 15) is 4.79 Å². The summed E-state index contributed by atoms with van der Waals surface area (Å²) in [6, 6.07) is 17.3. The summed E-state index contributed by atoms with van der Waals surface area (Å²) >= 11 is 6.39. The first-order valence-corrected chi connectivity index (χ1v) is 8.75. The van der Waals surface area contributed by atoms with Crippen LogP contribution in [0.15, 0.2) is 63.8 Å². The summed E-state index contributed by atoms with van der Waals surface area (Å²) in [7, 11) is 0. The molecule has 0 aliphatic heterocycles. The van der Waals surface area contributed by atoms with Crippen molar-refractivity contribution < 1.29 is 9.15 Å². The Hall–Kier alpha value is -2.78. The van der Waals surface area contributed by atoms with Crippen LogP contribution in [0.25, 0.3) is 21.7 Å². The van der Waals surface area contributed by atoms with E-state index >= 15 is 0 Å². The average Bonchev–Trinajstić information content (AvgIpc) is 2.62. The molecule has 0 fully saturated rings. The standard InChI is InChI=1S/C22H17ClO3/c1-13-7-8-15-5-3-4-6-16(15)18(13)12-25-21-11-20-17(10-19(21)23)14(2)9-22(24)26-20/h3-11H,12H2,1-2H3. The second kappa shape index (κ2) is 6.50. The lowest BCUT2D eigenvalue weighted by Crippen LogP contribution is -2.01. The van der Waals surface area contributed by atoms with Gasteiger partial charge in [-0.3, -0.25) is 0 Å². The van der Waals surface area contributed by atoms with Crippen LogP contribution in [0.1, 0.15) is 16.7 Å². The predicted octanol–water partition coefficient (Wildman–Crippen LogP) is 5.80. The largest absolute Gasteiger partial charge is 0.487 e. The van der Waals surface area contributed by atoms with Gasteiger partial charge in [0.25, 0.3) is 0 Å². The number of fused-ring (bicyclic) bond motifs is 2. The van der Waals surface area contributed by atoms with Crippen LogP contribution in [0.5, 0.6) is 5.75 Å². The SMILES string of the molecule is Cc1ccc2ccccc2c1COc1cc2oc(=O)cc(C)c2cc1Cl. The number of benzene rings is 3. The molecule has 0 aliphatic carbocycles. The molecule has 0 amide bonds. The first kappa shape index (κ1) is 16.7. The molecule has 0 radical (unpaired) electrons. The van der Waals surface area contributed by atoms with E-state index in [1.807, 2.05) is 19.1 Å². The fourth-order valence-electron chi connectivity index (χ4n) is 3.22. The lowest BCUT2D eigenvalue weighted by atomic mass is 10.0. The monoisotopic (exact) mass is 364 g/mol. The Labute approximate surface area is 155 Å². The minimum atomic E-state index is -0.381. The van der Waals surface area contributed by atoms with Gasteiger partial charge in [0.15, 0.2) is 0 Å². The topological polar surface area (TPSA) is 39.4 Å². The Bertz CT molecular complexity index is 1190. The van der Waals surface area contributed by atoms with Crippen LogP contribution in [0.2, 0.25) is 5.02 Å². The Kier molecular flexibility index (Phi) is 4.17. The van der Waals surface area contributed by atoms with Gasteiger partial charge in [-0.1, -0.05) is 48.0 Å².